The van der Waals surface area contributed by atoms with E-state index in [0.717, 1.165) is 72.9 Å². The van der Waals surface area contributed by atoms with Crippen molar-refractivity contribution in [2.24, 2.45) is 22.6 Å². The molecule has 1 unspecified atom stereocenters. The van der Waals surface area contributed by atoms with Crippen molar-refractivity contribution in [3.63, 3.8) is 0 Å². The quantitative estimate of drug-likeness (QED) is 0.297. The molecular formula is C33H46N6. The molecule has 1 aromatic heterocycles. The van der Waals surface area contributed by atoms with Crippen molar-refractivity contribution < 1.29 is 0 Å². The number of anilines is 1. The van der Waals surface area contributed by atoms with Crippen LogP contribution in [0.15, 0.2) is 66.6 Å². The summed E-state index contributed by atoms with van der Waals surface area (Å²) < 4.78 is 0. The zero-order valence-corrected chi connectivity index (χ0v) is 24.6. The van der Waals surface area contributed by atoms with E-state index in [1.54, 1.807) is 0 Å². The lowest BCUT2D eigenvalue weighted by Gasteiger charge is -2.43. The standard InChI is InChI=1S/C33H46N6/c1-21-9-12-33(29-11-10-22(2)32(17-29)37-24(4)28-13-15-35-16-14-28)39(20-21)27(7)26(6)38(8)30-18-31(23(3)34)25(5)36-19-30/h10-11,17-19,21,28,33,35H,3,6-7,9,12-16,20,34H2,1-2,4-5,8H3/t21?,33-/m1/s1. The van der Waals surface area contributed by atoms with Crippen molar-refractivity contribution in [1.29, 1.82) is 0 Å². The van der Waals surface area contributed by atoms with Gasteiger partial charge in [-0.2, -0.15) is 0 Å². The number of aliphatic imine (C=N–C) groups is 1. The number of piperidine rings is 2. The normalized spacial score (nSPS) is 20.5. The molecule has 2 aliphatic rings. The van der Waals surface area contributed by atoms with E-state index in [-0.39, 0.29) is 6.04 Å². The molecule has 3 heterocycles. The smallest absolute Gasteiger partial charge is 0.0661 e. The molecule has 0 amide bonds. The van der Waals surface area contributed by atoms with E-state index in [2.05, 4.69) is 73.9 Å². The number of nitrogens with zero attached hydrogens (tertiary/aromatic N) is 4. The number of hydrogen-bond acceptors (Lipinski definition) is 6. The van der Waals surface area contributed by atoms with Crippen LogP contribution in [0.5, 0.6) is 0 Å². The number of pyridine rings is 1. The second kappa shape index (κ2) is 12.2. The Morgan fingerprint density at radius 1 is 1.10 bits per heavy atom. The number of likely N-dealkylation sites (tertiary alicyclic amines) is 1. The fraction of sp³-hybridized carbons (Fsp3) is 0.455. The molecule has 1 aromatic carbocycles. The van der Waals surface area contributed by atoms with Crippen LogP contribution in [0.2, 0.25) is 0 Å². The maximum atomic E-state index is 6.02. The minimum Gasteiger partial charge on any atom is -0.399 e. The molecule has 2 aliphatic heterocycles. The molecule has 2 atom stereocenters. The second-order valence-corrected chi connectivity index (χ2v) is 11.5. The van der Waals surface area contributed by atoms with Crippen LogP contribution in [-0.2, 0) is 0 Å². The van der Waals surface area contributed by atoms with Gasteiger partial charge in [0.1, 0.15) is 0 Å². The van der Waals surface area contributed by atoms with Crippen LogP contribution >= 0.6 is 0 Å². The van der Waals surface area contributed by atoms with E-state index in [1.165, 1.54) is 23.3 Å². The monoisotopic (exact) mass is 526 g/mol. The first-order chi connectivity index (χ1) is 18.6. The lowest BCUT2D eigenvalue weighted by Crippen LogP contribution is -2.38. The Morgan fingerprint density at radius 2 is 1.82 bits per heavy atom. The van der Waals surface area contributed by atoms with Crippen LogP contribution in [0, 0.1) is 25.7 Å². The molecular weight excluding hydrogens is 480 g/mol. The van der Waals surface area contributed by atoms with E-state index >= 15 is 0 Å². The predicted molar refractivity (Wildman–Crippen MR) is 166 cm³/mol. The summed E-state index contributed by atoms with van der Waals surface area (Å²) in [5.41, 5.74) is 15.8. The van der Waals surface area contributed by atoms with Crippen LogP contribution in [0.3, 0.4) is 0 Å². The van der Waals surface area contributed by atoms with E-state index in [1.807, 2.05) is 31.1 Å². The Kier molecular flexibility index (Phi) is 8.96. The summed E-state index contributed by atoms with van der Waals surface area (Å²) in [6, 6.07) is 9.04. The van der Waals surface area contributed by atoms with Crippen LogP contribution < -0.4 is 16.0 Å². The van der Waals surface area contributed by atoms with Crippen molar-refractivity contribution in [2.75, 3.05) is 31.6 Å². The average molecular weight is 527 g/mol. The fourth-order valence-electron chi connectivity index (χ4n) is 5.82. The highest BCUT2D eigenvalue weighted by atomic mass is 15.2. The number of nitrogens with two attached hydrogens (primary N) is 1. The molecule has 208 valence electrons. The van der Waals surface area contributed by atoms with Crippen molar-refractivity contribution >= 4 is 22.8 Å². The van der Waals surface area contributed by atoms with Crippen LogP contribution in [-0.4, -0.2) is 42.3 Å². The topological polar surface area (TPSA) is 69.8 Å². The zero-order valence-electron chi connectivity index (χ0n) is 24.6. The number of likely N-dealkylation sites (N-methyl/N-ethyl adjacent to an activating group) is 1. The SMILES string of the molecule is C=C(N)c1cc(N(C)C(=C)C(=C)N2CC(C)CC[C@@H]2c2ccc(C)c(N=C(C)C3CCNCC3)c2)cnc1C. The van der Waals surface area contributed by atoms with Gasteiger partial charge in [-0.3, -0.25) is 9.98 Å². The molecule has 2 aromatic rings. The minimum atomic E-state index is 0.225. The third-order valence-electron chi connectivity index (χ3n) is 8.55. The first-order valence-electron chi connectivity index (χ1n) is 14.2. The Balaban J connectivity index is 1.60. The van der Waals surface area contributed by atoms with Crippen molar-refractivity contribution in [2.45, 2.75) is 59.4 Å². The van der Waals surface area contributed by atoms with Gasteiger partial charge in [0, 0.05) is 36.3 Å². The molecule has 0 spiro atoms. The van der Waals surface area contributed by atoms with Gasteiger partial charge in [-0.05, 0) is 94.6 Å². The summed E-state index contributed by atoms with van der Waals surface area (Å²) in [6.45, 7) is 24.6. The third kappa shape index (κ3) is 6.44. The fourth-order valence-corrected chi connectivity index (χ4v) is 5.82. The number of nitrogens with one attached hydrogen (secondary N) is 1. The van der Waals surface area contributed by atoms with Crippen LogP contribution in [0.25, 0.3) is 5.70 Å². The maximum absolute atomic E-state index is 6.02. The largest absolute Gasteiger partial charge is 0.399 e. The minimum absolute atomic E-state index is 0.225. The number of rotatable bonds is 8. The molecule has 2 saturated heterocycles. The molecule has 0 saturated carbocycles. The molecule has 39 heavy (non-hydrogen) atoms. The number of aryl methyl sites for hydroxylation is 2. The van der Waals surface area contributed by atoms with E-state index in [9.17, 15) is 0 Å². The Hall–Kier alpha value is -3.38. The Morgan fingerprint density at radius 3 is 2.51 bits per heavy atom. The van der Waals surface area contributed by atoms with Crippen LogP contribution in [0.1, 0.15) is 68.0 Å². The lowest BCUT2D eigenvalue weighted by molar-refractivity contribution is 0.158. The molecule has 0 bridgehead atoms. The molecule has 0 aliphatic carbocycles. The molecule has 2 fully saturated rings. The molecule has 0 radical (unpaired) electrons. The molecule has 6 heteroatoms. The summed E-state index contributed by atoms with van der Waals surface area (Å²) in [7, 11) is 2.01. The van der Waals surface area contributed by atoms with Gasteiger partial charge in [0.2, 0.25) is 0 Å². The van der Waals surface area contributed by atoms with Gasteiger partial charge >= 0.3 is 0 Å². The highest BCUT2D eigenvalue weighted by Crippen LogP contribution is 2.39. The summed E-state index contributed by atoms with van der Waals surface area (Å²) in [6.07, 6.45) is 6.43. The molecule has 4 rings (SSSR count). The van der Waals surface area contributed by atoms with Gasteiger partial charge in [0.15, 0.2) is 0 Å². The number of aromatic nitrogens is 1. The molecule has 6 nitrogen and oxygen atoms in total. The highest BCUT2D eigenvalue weighted by Gasteiger charge is 2.30. The Bertz CT molecular complexity index is 1270. The lowest BCUT2D eigenvalue weighted by atomic mass is 9.88. The van der Waals surface area contributed by atoms with Gasteiger partial charge in [-0.1, -0.05) is 38.8 Å². The van der Waals surface area contributed by atoms with Crippen molar-refractivity contribution in [3.05, 3.63) is 84.0 Å². The van der Waals surface area contributed by atoms with Gasteiger partial charge < -0.3 is 20.9 Å². The summed E-state index contributed by atoms with van der Waals surface area (Å²) in [5.74, 6) is 1.14. The van der Waals surface area contributed by atoms with Crippen LogP contribution in [0.4, 0.5) is 11.4 Å². The number of hydrogen-bond donors (Lipinski definition) is 2. The maximum Gasteiger partial charge on any atom is 0.0661 e. The second-order valence-electron chi connectivity index (χ2n) is 11.5. The van der Waals surface area contributed by atoms with Gasteiger partial charge in [0.25, 0.3) is 0 Å². The van der Waals surface area contributed by atoms with Gasteiger partial charge in [0.05, 0.1) is 35.0 Å². The van der Waals surface area contributed by atoms with E-state index in [0.29, 0.717) is 17.5 Å². The van der Waals surface area contributed by atoms with Gasteiger partial charge in [-0.25, -0.2) is 0 Å². The molecule has 3 N–H and O–H groups in total. The number of benzene rings is 1. The third-order valence-corrected chi connectivity index (χ3v) is 8.55. The summed E-state index contributed by atoms with van der Waals surface area (Å²) >= 11 is 0. The summed E-state index contributed by atoms with van der Waals surface area (Å²) in [5, 5.41) is 3.46. The van der Waals surface area contributed by atoms with Gasteiger partial charge in [-0.15, -0.1) is 0 Å². The van der Waals surface area contributed by atoms with Crippen molar-refractivity contribution in [3.8, 4) is 0 Å². The zero-order chi connectivity index (χ0) is 28.3. The first kappa shape index (κ1) is 28.6. The highest BCUT2D eigenvalue weighted by molar-refractivity contribution is 5.87. The summed E-state index contributed by atoms with van der Waals surface area (Å²) in [4.78, 5) is 14.2. The first-order valence-corrected chi connectivity index (χ1v) is 14.2. The average Bonchev–Trinajstić information content (AvgIpc) is 2.93. The Labute approximate surface area is 235 Å². The van der Waals surface area contributed by atoms with E-state index < -0.39 is 0 Å². The van der Waals surface area contributed by atoms with E-state index in [4.69, 9.17) is 10.7 Å². The predicted octanol–water partition coefficient (Wildman–Crippen LogP) is 6.66. The van der Waals surface area contributed by atoms with Crippen molar-refractivity contribution in [1.82, 2.24) is 15.2 Å².